The van der Waals surface area contributed by atoms with Crippen LogP contribution in [-0.2, 0) is 0 Å². The highest BCUT2D eigenvalue weighted by Gasteiger charge is 2.26. The first-order valence-electron chi connectivity index (χ1n) is 12.0. The third kappa shape index (κ3) is 9.32. The Morgan fingerprint density at radius 1 is 0.941 bits per heavy atom. The summed E-state index contributed by atoms with van der Waals surface area (Å²) < 4.78 is 53.0. The van der Waals surface area contributed by atoms with Gasteiger partial charge in [0.05, 0.1) is 10.5 Å². The third-order valence-electron chi connectivity index (χ3n) is 6.32. The normalized spacial score (nSPS) is 17.8. The predicted octanol–water partition coefficient (Wildman–Crippen LogP) is 9.30. The van der Waals surface area contributed by atoms with Crippen LogP contribution in [0.25, 0.3) is 0 Å². The number of aromatic carboxylic acids is 1. The Morgan fingerprint density at radius 3 is 2.15 bits per heavy atom. The molecule has 0 heterocycles. The van der Waals surface area contributed by atoms with Crippen molar-refractivity contribution in [2.45, 2.75) is 87.7 Å². The number of halogens is 4. The van der Waals surface area contributed by atoms with Gasteiger partial charge in [0.15, 0.2) is 11.6 Å². The zero-order valence-corrected chi connectivity index (χ0v) is 20.4. The van der Waals surface area contributed by atoms with Gasteiger partial charge >= 0.3 is 5.97 Å². The van der Waals surface area contributed by atoms with Gasteiger partial charge in [-0.25, -0.2) is 13.6 Å². The Labute approximate surface area is 204 Å². The summed E-state index contributed by atoms with van der Waals surface area (Å²) in [5.41, 5.74) is 0.690. The first kappa shape index (κ1) is 28.2. The van der Waals surface area contributed by atoms with Crippen LogP contribution in [0.5, 0.6) is 0 Å². The van der Waals surface area contributed by atoms with E-state index in [4.69, 9.17) is 5.11 Å². The molecular weight excluding hydrogens is 464 g/mol. The van der Waals surface area contributed by atoms with Crippen LogP contribution in [0, 0.1) is 17.6 Å². The van der Waals surface area contributed by atoms with Gasteiger partial charge < -0.3 is 5.11 Å². The first-order chi connectivity index (χ1) is 16.3. The van der Waals surface area contributed by atoms with Crippen LogP contribution in [0.1, 0.15) is 93.0 Å². The first-order valence-corrected chi connectivity index (χ1v) is 12.9. The van der Waals surface area contributed by atoms with Gasteiger partial charge in [-0.15, -0.1) is 0 Å². The lowest BCUT2D eigenvalue weighted by Gasteiger charge is -2.29. The van der Waals surface area contributed by atoms with Gasteiger partial charge in [0.1, 0.15) is 0 Å². The molecule has 7 heteroatoms. The van der Waals surface area contributed by atoms with Crippen molar-refractivity contribution >= 4 is 17.7 Å². The molecule has 1 N–H and O–H groups in total. The third-order valence-corrected chi connectivity index (χ3v) is 7.06. The molecule has 0 amide bonds. The zero-order chi connectivity index (χ0) is 24.9. The fourth-order valence-corrected chi connectivity index (χ4v) is 4.96. The fraction of sp³-hybridized carbons (Fsp3) is 0.519. The monoisotopic (exact) mass is 498 g/mol. The summed E-state index contributed by atoms with van der Waals surface area (Å²) in [5, 5.41) is 8.38. The molecular formula is C27H34F4O2S. The number of carboxylic acid groups (broad SMARTS) is 1. The average Bonchev–Trinajstić information content (AvgIpc) is 2.83. The Balaban J connectivity index is 0.000000379. The van der Waals surface area contributed by atoms with E-state index >= 15 is 0 Å². The minimum atomic E-state index is -2.74. The quantitative estimate of drug-likeness (QED) is 0.201. The van der Waals surface area contributed by atoms with Crippen LogP contribution in [0.2, 0.25) is 0 Å². The van der Waals surface area contributed by atoms with E-state index in [0.29, 0.717) is 17.0 Å². The highest BCUT2D eigenvalue weighted by molar-refractivity contribution is 7.99. The van der Waals surface area contributed by atoms with Crippen LogP contribution < -0.4 is 0 Å². The minimum absolute atomic E-state index is 0.0106. The highest BCUT2D eigenvalue weighted by atomic mass is 32.2. The molecule has 2 aromatic rings. The summed E-state index contributed by atoms with van der Waals surface area (Å²) in [6.07, 6.45) is 11.5. The molecule has 3 rings (SSSR count). The summed E-state index contributed by atoms with van der Waals surface area (Å²) in [5.74, 6) is -4.98. The van der Waals surface area contributed by atoms with Gasteiger partial charge in [-0.3, -0.25) is 0 Å². The average molecular weight is 499 g/mol. The lowest BCUT2D eigenvalue weighted by atomic mass is 9.77. The molecule has 0 atom stereocenters. The summed E-state index contributed by atoms with van der Waals surface area (Å²) >= 11 is 0.0612. The molecule has 1 saturated carbocycles. The number of hydrogen-bond donors (Lipinski definition) is 1. The summed E-state index contributed by atoms with van der Waals surface area (Å²) in [6, 6.07) is 11.1. The van der Waals surface area contributed by atoms with E-state index in [9.17, 15) is 22.4 Å². The summed E-state index contributed by atoms with van der Waals surface area (Å²) in [4.78, 5) is 9.89. The van der Waals surface area contributed by atoms with E-state index in [1.54, 1.807) is 30.3 Å². The molecule has 1 aliphatic carbocycles. The van der Waals surface area contributed by atoms with Crippen molar-refractivity contribution in [2.75, 3.05) is 0 Å². The van der Waals surface area contributed by atoms with Crippen LogP contribution >= 0.6 is 11.8 Å². The van der Waals surface area contributed by atoms with Crippen LogP contribution in [0.15, 0.2) is 47.4 Å². The number of unbranched alkanes of at least 4 members (excludes halogenated alkanes) is 4. The van der Waals surface area contributed by atoms with Crippen molar-refractivity contribution in [1.82, 2.24) is 0 Å². The number of carboxylic acids is 1. The lowest BCUT2D eigenvalue weighted by Crippen LogP contribution is -2.15. The molecule has 1 aliphatic rings. The maximum absolute atomic E-state index is 14.3. The van der Waals surface area contributed by atoms with Gasteiger partial charge in [0, 0.05) is 0 Å². The van der Waals surface area contributed by atoms with Crippen molar-refractivity contribution in [1.29, 1.82) is 0 Å². The highest BCUT2D eigenvalue weighted by Crippen LogP contribution is 2.40. The Hall–Kier alpha value is -2.02. The second-order valence-electron chi connectivity index (χ2n) is 8.75. The molecule has 0 bridgehead atoms. The molecule has 0 saturated heterocycles. The van der Waals surface area contributed by atoms with Crippen LogP contribution in [-0.4, -0.2) is 16.8 Å². The SMILES string of the molecule is CCCCCCCC1CCC(c2ccc(SC(F)F)c(F)c2F)CC1.O=C(O)c1ccccc1. The van der Waals surface area contributed by atoms with Gasteiger partial charge in [0.2, 0.25) is 0 Å². The van der Waals surface area contributed by atoms with Crippen molar-refractivity contribution in [3.8, 4) is 0 Å². The number of thioether (sulfide) groups is 1. The van der Waals surface area contributed by atoms with Gasteiger partial charge in [-0.1, -0.05) is 81.5 Å². The van der Waals surface area contributed by atoms with E-state index in [2.05, 4.69) is 6.92 Å². The van der Waals surface area contributed by atoms with Gasteiger partial charge in [0.25, 0.3) is 5.76 Å². The lowest BCUT2D eigenvalue weighted by molar-refractivity contribution is 0.0697. The number of carbonyl (C=O) groups is 1. The second-order valence-corrected chi connectivity index (χ2v) is 9.78. The molecule has 0 aliphatic heterocycles. The number of alkyl halides is 2. The maximum Gasteiger partial charge on any atom is 0.335 e. The molecule has 2 nitrogen and oxygen atoms in total. The molecule has 188 valence electrons. The summed E-state index contributed by atoms with van der Waals surface area (Å²) in [7, 11) is 0. The van der Waals surface area contributed by atoms with Crippen molar-refractivity contribution in [2.24, 2.45) is 5.92 Å². The predicted molar refractivity (Wildman–Crippen MR) is 130 cm³/mol. The summed E-state index contributed by atoms with van der Waals surface area (Å²) in [6.45, 7) is 2.21. The largest absolute Gasteiger partial charge is 0.478 e. The molecule has 1 fully saturated rings. The van der Waals surface area contributed by atoms with Crippen LogP contribution in [0.3, 0.4) is 0 Å². The topological polar surface area (TPSA) is 37.3 Å². The number of rotatable bonds is 10. The second kappa shape index (κ2) is 15.1. The standard InChI is InChI=1S/C20H28F4S.C7H6O2/c1-2-3-4-5-6-7-14-8-10-15(11-9-14)16-12-13-17(25-20(23)24)19(22)18(16)21;8-7(9)6-4-2-1-3-5-6/h12-15,20H,2-11H2,1H3;1-5H,(H,8,9). The Kier molecular flexibility index (Phi) is 12.5. The van der Waals surface area contributed by atoms with E-state index in [0.717, 1.165) is 25.7 Å². The molecule has 34 heavy (non-hydrogen) atoms. The van der Waals surface area contributed by atoms with E-state index < -0.39 is 23.4 Å². The molecule has 0 unspecified atom stereocenters. The maximum atomic E-state index is 14.3. The van der Waals surface area contributed by atoms with Crippen molar-refractivity contribution < 1.29 is 27.5 Å². The van der Waals surface area contributed by atoms with E-state index in [-0.39, 0.29) is 22.6 Å². The zero-order valence-electron chi connectivity index (χ0n) is 19.6. The van der Waals surface area contributed by atoms with Gasteiger partial charge in [-0.2, -0.15) is 8.78 Å². The smallest absolute Gasteiger partial charge is 0.335 e. The fourth-order valence-electron chi connectivity index (χ4n) is 4.43. The number of hydrogen-bond acceptors (Lipinski definition) is 2. The molecule has 0 spiro atoms. The van der Waals surface area contributed by atoms with E-state index in [1.165, 1.54) is 50.7 Å². The number of benzene rings is 2. The van der Waals surface area contributed by atoms with E-state index in [1.807, 2.05) is 0 Å². The van der Waals surface area contributed by atoms with Crippen LogP contribution in [0.4, 0.5) is 17.6 Å². The minimum Gasteiger partial charge on any atom is -0.478 e. The van der Waals surface area contributed by atoms with Gasteiger partial charge in [-0.05, 0) is 61.3 Å². The molecule has 0 radical (unpaired) electrons. The molecule has 0 aromatic heterocycles. The van der Waals surface area contributed by atoms with Crippen molar-refractivity contribution in [3.63, 3.8) is 0 Å². The molecule has 2 aromatic carbocycles. The Morgan fingerprint density at radius 2 is 1.59 bits per heavy atom. The van der Waals surface area contributed by atoms with Crippen molar-refractivity contribution in [3.05, 3.63) is 65.2 Å². The Bertz CT molecular complexity index is 868.